The third kappa shape index (κ3) is 8.29. The third-order valence-electron chi connectivity index (χ3n) is 3.01. The minimum atomic E-state index is -3.58. The van der Waals surface area contributed by atoms with Crippen molar-refractivity contribution in [3.63, 3.8) is 0 Å². The van der Waals surface area contributed by atoms with E-state index in [-0.39, 0.29) is 15.8 Å². The van der Waals surface area contributed by atoms with E-state index in [0.717, 1.165) is 0 Å². The van der Waals surface area contributed by atoms with E-state index in [1.54, 1.807) is 0 Å². The van der Waals surface area contributed by atoms with Crippen LogP contribution in [0.15, 0.2) is 60.7 Å². The first-order valence-corrected chi connectivity index (χ1v) is 14.1. The molecule has 0 spiro atoms. The standard InChI is InChI=1S/2C8H11P.C2F4.Pt/c2*1-9(2)8-6-4-3-5-7-8;3-1(4)2(5)6;/h2*3-7H,1-2H3;;. The second kappa shape index (κ2) is 10.1. The van der Waals surface area contributed by atoms with Crippen LogP contribution in [0.2, 0.25) is 0 Å². The van der Waals surface area contributed by atoms with Crippen LogP contribution in [0.4, 0.5) is 17.6 Å². The van der Waals surface area contributed by atoms with Gasteiger partial charge in [0.05, 0.1) is 0 Å². The van der Waals surface area contributed by atoms with E-state index in [0.29, 0.717) is 0 Å². The van der Waals surface area contributed by atoms with E-state index in [2.05, 4.69) is 87.3 Å². The van der Waals surface area contributed by atoms with Gasteiger partial charge in [0.1, 0.15) is 0 Å². The number of hydrogen-bond donors (Lipinski definition) is 0. The molecule has 1 fully saturated rings. The van der Waals surface area contributed by atoms with Crippen LogP contribution in [0.5, 0.6) is 0 Å². The average molecular weight is 571 g/mol. The summed E-state index contributed by atoms with van der Waals surface area (Å²) in [5.41, 5.74) is 0. The first-order valence-electron chi connectivity index (χ1n) is 7.38. The fourth-order valence-electron chi connectivity index (χ4n) is 1.56. The quantitative estimate of drug-likeness (QED) is 0.336. The van der Waals surface area contributed by atoms with Gasteiger partial charge in [-0.25, -0.2) is 0 Å². The van der Waals surface area contributed by atoms with Crippen molar-refractivity contribution in [1.82, 2.24) is 0 Å². The van der Waals surface area contributed by atoms with Crippen molar-refractivity contribution in [3.05, 3.63) is 60.7 Å². The summed E-state index contributed by atoms with van der Waals surface area (Å²) >= 11 is -2.13. The van der Waals surface area contributed by atoms with E-state index in [4.69, 9.17) is 0 Å². The average Bonchev–Trinajstić information content (AvgIpc) is 3.04. The van der Waals surface area contributed by atoms with Gasteiger partial charge in [0.15, 0.2) is 0 Å². The van der Waals surface area contributed by atoms with Crippen molar-refractivity contribution in [2.45, 2.75) is 8.62 Å². The Bertz CT molecular complexity index is 564. The number of alkyl halides is 4. The molecule has 2 aromatic carbocycles. The van der Waals surface area contributed by atoms with Gasteiger partial charge in [0.2, 0.25) is 0 Å². The summed E-state index contributed by atoms with van der Waals surface area (Å²) in [6.07, 6.45) is 0. The predicted molar refractivity (Wildman–Crippen MR) is 99.6 cm³/mol. The Labute approximate surface area is 158 Å². The summed E-state index contributed by atoms with van der Waals surface area (Å²) in [5.74, 6) is 0. The molecule has 0 aromatic heterocycles. The van der Waals surface area contributed by atoms with Gasteiger partial charge in [-0.05, 0) is 37.3 Å². The number of benzene rings is 2. The zero-order valence-electron chi connectivity index (χ0n) is 14.5. The van der Waals surface area contributed by atoms with Crippen LogP contribution < -0.4 is 10.6 Å². The van der Waals surface area contributed by atoms with Crippen LogP contribution in [0.25, 0.3) is 0 Å². The molecule has 7 heteroatoms. The minimum absolute atomic E-state index is 0.104. The summed E-state index contributed by atoms with van der Waals surface area (Å²) in [4.78, 5) is 0. The zero-order chi connectivity index (χ0) is 19.1. The molecule has 0 atom stereocenters. The normalized spacial score (nSPS) is 16.7. The van der Waals surface area contributed by atoms with E-state index in [1.165, 1.54) is 10.6 Å². The molecule has 25 heavy (non-hydrogen) atoms. The molecule has 1 aliphatic rings. The van der Waals surface area contributed by atoms with Crippen LogP contribution in [0, 0.1) is 0 Å². The molecule has 0 aliphatic carbocycles. The van der Waals surface area contributed by atoms with Crippen molar-refractivity contribution in [2.24, 2.45) is 0 Å². The molecule has 0 radical (unpaired) electrons. The van der Waals surface area contributed by atoms with E-state index < -0.39 is 27.2 Å². The number of rotatable bonds is 2. The zero-order valence-corrected chi connectivity index (χ0v) is 18.6. The van der Waals surface area contributed by atoms with E-state index in [9.17, 15) is 17.6 Å². The topological polar surface area (TPSA) is 0 Å². The SMILES string of the molecule is CP(C)c1ccccc1.CP(C)c1ccccc1.F[C]1(F)[Pt][C]1(F)F. The van der Waals surface area contributed by atoms with E-state index >= 15 is 0 Å². The predicted octanol–water partition coefficient (Wildman–Crippen LogP) is 5.37. The monoisotopic (exact) mass is 571 g/mol. The summed E-state index contributed by atoms with van der Waals surface area (Å²) in [7, 11) is 0.209. The summed E-state index contributed by atoms with van der Waals surface area (Å²) in [5, 5.41) is 2.96. The van der Waals surface area contributed by atoms with Gasteiger partial charge in [-0.1, -0.05) is 76.5 Å². The third-order valence-corrected chi connectivity index (χ3v) is 7.95. The van der Waals surface area contributed by atoms with Crippen LogP contribution in [0.3, 0.4) is 0 Å². The van der Waals surface area contributed by atoms with Gasteiger partial charge < -0.3 is 0 Å². The molecule has 3 rings (SSSR count). The number of hydrogen-bond acceptors (Lipinski definition) is 0. The molecule has 0 bridgehead atoms. The first-order chi connectivity index (χ1) is 11.6. The van der Waals surface area contributed by atoms with Crippen LogP contribution in [-0.4, -0.2) is 35.3 Å². The second-order valence-corrected chi connectivity index (χ2v) is 13.5. The van der Waals surface area contributed by atoms with Gasteiger partial charge in [0, 0.05) is 0 Å². The van der Waals surface area contributed by atoms with Crippen LogP contribution in [0.1, 0.15) is 0 Å². The van der Waals surface area contributed by atoms with Gasteiger partial charge in [-0.3, -0.25) is 0 Å². The molecule has 0 N–H and O–H groups in total. The van der Waals surface area contributed by atoms with Gasteiger partial charge >= 0.3 is 44.7 Å². The second-order valence-electron chi connectivity index (χ2n) is 5.46. The van der Waals surface area contributed by atoms with Gasteiger partial charge in [0.25, 0.3) is 0 Å². The Balaban J connectivity index is 0.000000189. The Hall–Kier alpha value is -0.292. The summed E-state index contributed by atoms with van der Waals surface area (Å²) < 4.78 is 37.7. The molecule has 1 saturated heterocycles. The fraction of sp³-hybridized carbons (Fsp3) is 0.333. The number of halogens is 4. The molecule has 0 nitrogen and oxygen atoms in total. The maximum absolute atomic E-state index is 11.2. The van der Waals surface area contributed by atoms with Gasteiger partial charge in [-0.15, -0.1) is 0 Å². The first kappa shape index (κ1) is 22.7. The van der Waals surface area contributed by atoms with Crippen molar-refractivity contribution >= 4 is 26.5 Å². The molecular formula is C18H22F4P2Pt. The van der Waals surface area contributed by atoms with Crippen LogP contribution >= 0.6 is 15.8 Å². The van der Waals surface area contributed by atoms with Gasteiger partial charge in [-0.2, -0.15) is 0 Å². The molecule has 1 aliphatic heterocycles. The Morgan fingerprint density at radius 3 is 0.960 bits per heavy atom. The van der Waals surface area contributed by atoms with Crippen molar-refractivity contribution in [1.29, 1.82) is 0 Å². The molecule has 2 aromatic rings. The Morgan fingerprint density at radius 1 is 0.600 bits per heavy atom. The van der Waals surface area contributed by atoms with Crippen molar-refractivity contribution < 1.29 is 36.1 Å². The van der Waals surface area contributed by atoms with Crippen molar-refractivity contribution in [2.75, 3.05) is 26.7 Å². The molecular weight excluding hydrogens is 549 g/mol. The summed E-state index contributed by atoms with van der Waals surface area (Å²) in [6, 6.07) is 21.2. The molecule has 142 valence electrons. The molecule has 1 heterocycles. The summed E-state index contributed by atoms with van der Waals surface area (Å²) in [6.45, 7) is 9.07. The molecule has 0 amide bonds. The van der Waals surface area contributed by atoms with E-state index in [1.807, 2.05) is 0 Å². The fourth-order valence-corrected chi connectivity index (χ4v) is 3.85. The Morgan fingerprint density at radius 2 is 0.840 bits per heavy atom. The molecule has 0 saturated carbocycles. The van der Waals surface area contributed by atoms with Crippen LogP contribution in [-0.2, 0) is 18.6 Å². The van der Waals surface area contributed by atoms with Crippen molar-refractivity contribution in [3.8, 4) is 0 Å². The molecule has 0 unspecified atom stereocenters. The maximum atomic E-state index is 11.2. The Kier molecular flexibility index (Phi) is 9.23.